The van der Waals surface area contributed by atoms with Crippen LogP contribution in [-0.2, 0) is 21.2 Å². The van der Waals surface area contributed by atoms with Crippen LogP contribution in [0.25, 0.3) is 0 Å². The van der Waals surface area contributed by atoms with E-state index in [4.69, 9.17) is 16.6 Å². The zero-order valence-electron chi connectivity index (χ0n) is 21.3. The predicted octanol–water partition coefficient (Wildman–Crippen LogP) is 4.86. The van der Waals surface area contributed by atoms with Gasteiger partial charge in [-0.1, -0.05) is 32.4 Å². The van der Waals surface area contributed by atoms with Gasteiger partial charge in [0.15, 0.2) is 5.13 Å². The average molecular weight is 584 g/mol. The highest BCUT2D eigenvalue weighted by atomic mass is 35.5. The second kappa shape index (κ2) is 10.3. The summed E-state index contributed by atoms with van der Waals surface area (Å²) in [6, 6.07) is 6.03. The minimum absolute atomic E-state index is 0.0475. The molecule has 1 saturated heterocycles. The average Bonchev–Trinajstić information content (AvgIpc) is 3.25. The van der Waals surface area contributed by atoms with Crippen LogP contribution < -0.4 is 4.72 Å². The second-order valence-corrected chi connectivity index (χ2v) is 15.4. The van der Waals surface area contributed by atoms with Gasteiger partial charge in [-0.05, 0) is 60.8 Å². The number of anilines is 1. The fraction of sp³-hybridized carbons (Fsp3) is 0.615. The van der Waals surface area contributed by atoms with E-state index in [2.05, 4.69) is 18.6 Å². The molecule has 0 bridgehead atoms. The molecule has 7 nitrogen and oxygen atoms in total. The second-order valence-electron chi connectivity index (χ2n) is 11.0. The van der Waals surface area contributed by atoms with Gasteiger partial charge < -0.3 is 10.0 Å². The number of thiazole rings is 1. The van der Waals surface area contributed by atoms with Gasteiger partial charge in [0.1, 0.15) is 0 Å². The summed E-state index contributed by atoms with van der Waals surface area (Å²) < 4.78 is 28.5. The molecule has 6 atom stereocenters. The monoisotopic (exact) mass is 583 g/mol. The third kappa shape index (κ3) is 5.16. The number of aromatic nitrogens is 1. The van der Waals surface area contributed by atoms with Gasteiger partial charge in [0.25, 0.3) is 10.0 Å². The number of halogens is 1. The van der Waals surface area contributed by atoms with Crippen molar-refractivity contribution in [1.29, 1.82) is 0 Å². The van der Waals surface area contributed by atoms with Gasteiger partial charge in [-0.15, -0.1) is 11.3 Å². The van der Waals surface area contributed by atoms with E-state index in [1.54, 1.807) is 12.1 Å². The van der Waals surface area contributed by atoms with Crippen LogP contribution in [0, 0.1) is 23.2 Å². The Bertz CT molecular complexity index is 1260. The zero-order valence-corrected chi connectivity index (χ0v) is 24.5. The Morgan fingerprint density at radius 3 is 2.62 bits per heavy atom. The third-order valence-corrected chi connectivity index (χ3v) is 12.3. The number of thioether (sulfide) groups is 1. The van der Waals surface area contributed by atoms with Crippen molar-refractivity contribution in [1.82, 2.24) is 9.88 Å². The fourth-order valence-corrected chi connectivity index (χ4v) is 10.2. The molecule has 202 valence electrons. The summed E-state index contributed by atoms with van der Waals surface area (Å²) in [6.07, 6.45) is 1.85. The highest BCUT2D eigenvalue weighted by molar-refractivity contribution is 7.99. The first kappa shape index (κ1) is 27.2. The lowest BCUT2D eigenvalue weighted by atomic mass is 9.53. The van der Waals surface area contributed by atoms with Crippen LogP contribution in [0.2, 0.25) is 5.02 Å². The lowest BCUT2D eigenvalue weighted by Gasteiger charge is -2.53. The molecule has 3 aliphatic rings. The van der Waals surface area contributed by atoms with Gasteiger partial charge in [0.05, 0.1) is 16.7 Å². The standard InChI is InChI=1S/C26H34ClN3O4S3/c1-15(24(32)30-10-12-35-13-11-30)19-8-9-26(3)14-20-22(16(2)21(26)23(19)31)28-25(36-20)29-37(33,34)18-6-4-17(27)5-7-18/h4-7,15-16,19,21,23,31H,8-14H2,1-3H3,(H,28,29)/t15-,16-,19-,21+,23-,26-/m0/s1. The first-order chi connectivity index (χ1) is 17.5. The molecule has 1 aliphatic heterocycles. The Balaban J connectivity index is 1.36. The molecule has 1 aromatic carbocycles. The van der Waals surface area contributed by atoms with Crippen LogP contribution in [-0.4, -0.2) is 60.0 Å². The van der Waals surface area contributed by atoms with Crippen LogP contribution in [0.5, 0.6) is 0 Å². The molecule has 1 saturated carbocycles. The van der Waals surface area contributed by atoms with Crippen LogP contribution in [0.4, 0.5) is 5.13 Å². The fourth-order valence-electron chi connectivity index (χ4n) is 6.63. The first-order valence-electron chi connectivity index (χ1n) is 12.8. The van der Waals surface area contributed by atoms with Crippen LogP contribution >= 0.6 is 34.7 Å². The summed E-state index contributed by atoms with van der Waals surface area (Å²) in [5.41, 5.74) is 0.721. The van der Waals surface area contributed by atoms with Gasteiger partial charge in [-0.25, -0.2) is 13.4 Å². The molecule has 1 aromatic heterocycles. The van der Waals surface area contributed by atoms with Crippen LogP contribution in [0.1, 0.15) is 50.1 Å². The van der Waals surface area contributed by atoms with Crippen molar-refractivity contribution < 1.29 is 18.3 Å². The number of aliphatic hydroxyl groups is 1. The molecule has 2 aliphatic carbocycles. The molecule has 11 heteroatoms. The number of carbonyl (C=O) groups is 1. The molecule has 37 heavy (non-hydrogen) atoms. The van der Waals surface area contributed by atoms with Gasteiger partial charge in [0, 0.05) is 46.3 Å². The summed E-state index contributed by atoms with van der Waals surface area (Å²) in [5.74, 6) is 1.68. The highest BCUT2D eigenvalue weighted by Crippen LogP contribution is 2.57. The minimum atomic E-state index is -3.79. The van der Waals surface area contributed by atoms with Gasteiger partial charge in [-0.3, -0.25) is 9.52 Å². The van der Waals surface area contributed by atoms with Crippen molar-refractivity contribution in [3.05, 3.63) is 39.9 Å². The van der Waals surface area contributed by atoms with E-state index >= 15 is 0 Å². The molecule has 2 aromatic rings. The number of fused-ring (bicyclic) bond motifs is 2. The molecule has 0 spiro atoms. The van der Waals surface area contributed by atoms with Crippen molar-refractivity contribution in [3.8, 4) is 0 Å². The molecule has 0 radical (unpaired) electrons. The van der Waals surface area contributed by atoms with Crippen LogP contribution in [0.3, 0.4) is 0 Å². The Morgan fingerprint density at radius 2 is 1.95 bits per heavy atom. The minimum Gasteiger partial charge on any atom is -0.392 e. The number of hydrogen-bond acceptors (Lipinski definition) is 7. The van der Waals surface area contributed by atoms with E-state index in [1.165, 1.54) is 23.5 Å². The van der Waals surface area contributed by atoms with Crippen molar-refractivity contribution in [2.75, 3.05) is 29.3 Å². The lowest BCUT2D eigenvalue weighted by Crippen LogP contribution is -2.54. The Morgan fingerprint density at radius 1 is 1.27 bits per heavy atom. The molecule has 2 heterocycles. The summed E-state index contributed by atoms with van der Waals surface area (Å²) in [6.45, 7) is 7.85. The van der Waals surface area contributed by atoms with Crippen LogP contribution in [0.15, 0.2) is 29.2 Å². The molecule has 0 unspecified atom stereocenters. The first-order valence-corrected chi connectivity index (χ1v) is 16.7. The number of benzene rings is 1. The molecule has 5 rings (SSSR count). The molecule has 2 fully saturated rings. The Kier molecular flexibility index (Phi) is 7.61. The number of rotatable bonds is 5. The van der Waals surface area contributed by atoms with E-state index in [-0.39, 0.29) is 39.9 Å². The summed E-state index contributed by atoms with van der Waals surface area (Å²) in [7, 11) is -3.79. The summed E-state index contributed by atoms with van der Waals surface area (Å²) in [4.78, 5) is 21.1. The zero-order chi connectivity index (χ0) is 26.5. The van der Waals surface area contributed by atoms with Gasteiger partial charge >= 0.3 is 0 Å². The molecule has 1 amide bonds. The third-order valence-electron chi connectivity index (χ3n) is 8.62. The quantitative estimate of drug-likeness (QED) is 0.521. The highest BCUT2D eigenvalue weighted by Gasteiger charge is 2.54. The lowest BCUT2D eigenvalue weighted by molar-refractivity contribution is -0.144. The van der Waals surface area contributed by atoms with E-state index in [1.807, 2.05) is 23.6 Å². The Labute approximate surface area is 232 Å². The maximum atomic E-state index is 13.3. The van der Waals surface area contributed by atoms with E-state index in [0.29, 0.717) is 10.2 Å². The number of hydrogen-bond donors (Lipinski definition) is 2. The number of aliphatic hydroxyl groups excluding tert-OH is 1. The van der Waals surface area contributed by atoms with Crippen molar-refractivity contribution in [3.63, 3.8) is 0 Å². The number of carbonyl (C=O) groups excluding carboxylic acids is 1. The smallest absolute Gasteiger partial charge is 0.263 e. The summed E-state index contributed by atoms with van der Waals surface area (Å²) in [5, 5.41) is 12.5. The molecular weight excluding hydrogens is 550 g/mol. The number of nitrogens with zero attached hydrogens (tertiary/aromatic N) is 2. The summed E-state index contributed by atoms with van der Waals surface area (Å²) >= 11 is 9.17. The van der Waals surface area contributed by atoms with Crippen molar-refractivity contribution >= 4 is 55.8 Å². The number of nitrogens with one attached hydrogen (secondary N) is 1. The predicted molar refractivity (Wildman–Crippen MR) is 150 cm³/mol. The van der Waals surface area contributed by atoms with E-state index in [9.17, 15) is 18.3 Å². The van der Waals surface area contributed by atoms with Crippen molar-refractivity contribution in [2.45, 2.75) is 57.0 Å². The van der Waals surface area contributed by atoms with E-state index in [0.717, 1.165) is 54.4 Å². The maximum Gasteiger partial charge on any atom is 0.263 e. The topological polar surface area (TPSA) is 99.6 Å². The van der Waals surface area contributed by atoms with E-state index < -0.39 is 16.1 Å². The molecule has 2 N–H and O–H groups in total. The maximum absolute atomic E-state index is 13.3. The van der Waals surface area contributed by atoms with Gasteiger partial charge in [-0.2, -0.15) is 11.8 Å². The number of amides is 1. The van der Waals surface area contributed by atoms with Gasteiger partial charge in [0.2, 0.25) is 5.91 Å². The van der Waals surface area contributed by atoms with Crippen molar-refractivity contribution in [2.24, 2.45) is 23.2 Å². The largest absolute Gasteiger partial charge is 0.392 e. The Hall–Kier alpha value is -1.33. The normalized spacial score (nSPS) is 30.8. The molecular formula is C26H34ClN3O4S3. The SMILES string of the molecule is C[C@H](C(=O)N1CCSCC1)[C@@H]1CC[C@@]2(C)Cc3sc(NS(=O)(=O)c4ccc(Cl)cc4)nc3[C@@H](C)[C@@H]2[C@H]1O. The number of sulfonamides is 1.